The molecule has 2 rings (SSSR count). The van der Waals surface area contributed by atoms with E-state index in [1.54, 1.807) is 24.3 Å². The number of carbonyl (C=O) groups excluding carboxylic acids is 1. The summed E-state index contributed by atoms with van der Waals surface area (Å²) in [5, 5.41) is 3.28. The van der Waals surface area contributed by atoms with Crippen LogP contribution in [0.3, 0.4) is 0 Å². The van der Waals surface area contributed by atoms with E-state index in [-0.39, 0.29) is 24.8 Å². The molecule has 0 spiro atoms. The fraction of sp³-hybridized carbons (Fsp3) is 0.350. The maximum Gasteiger partial charge on any atom is 0.232 e. The van der Waals surface area contributed by atoms with Gasteiger partial charge in [-0.05, 0) is 30.0 Å². The molecule has 146 valence electrons. The Bertz CT molecular complexity index is 857. The smallest absolute Gasteiger partial charge is 0.232 e. The third-order valence-corrected chi connectivity index (χ3v) is 5.76. The van der Waals surface area contributed by atoms with E-state index in [9.17, 15) is 13.2 Å². The number of para-hydroxylation sites is 1. The predicted molar refractivity (Wildman–Crippen MR) is 111 cm³/mol. The summed E-state index contributed by atoms with van der Waals surface area (Å²) in [7, 11) is -3.48. The van der Waals surface area contributed by atoms with Gasteiger partial charge < -0.3 is 5.32 Å². The molecule has 0 saturated heterocycles. The first-order chi connectivity index (χ1) is 12.8. The number of anilines is 1. The Morgan fingerprint density at radius 3 is 2.37 bits per heavy atom. The van der Waals surface area contributed by atoms with Crippen LogP contribution in [-0.2, 0) is 14.8 Å². The Balaban J connectivity index is 1.86. The third kappa shape index (κ3) is 6.56. The molecule has 2 aromatic carbocycles. The molecule has 0 radical (unpaired) electrons. The van der Waals surface area contributed by atoms with Crippen molar-refractivity contribution in [2.45, 2.75) is 25.7 Å². The number of sulfonamides is 1. The number of amides is 1. The number of nitrogens with one attached hydrogen (secondary N) is 1. The minimum absolute atomic E-state index is 0.0922. The highest BCUT2D eigenvalue weighted by Crippen LogP contribution is 2.27. The molecule has 7 heteroatoms. The molecule has 0 aromatic heterocycles. The summed E-state index contributed by atoms with van der Waals surface area (Å²) in [5.74, 6) is 0.121. The number of carbonyl (C=O) groups is 1. The normalized spacial score (nSPS) is 12.4. The van der Waals surface area contributed by atoms with E-state index in [1.807, 2.05) is 30.3 Å². The Hall–Kier alpha value is -2.05. The zero-order valence-electron chi connectivity index (χ0n) is 15.6. The van der Waals surface area contributed by atoms with Crippen LogP contribution in [0.2, 0.25) is 5.02 Å². The summed E-state index contributed by atoms with van der Waals surface area (Å²) < 4.78 is 25.4. The fourth-order valence-corrected chi connectivity index (χ4v) is 4.02. The van der Waals surface area contributed by atoms with Crippen molar-refractivity contribution in [3.63, 3.8) is 0 Å². The van der Waals surface area contributed by atoms with Crippen LogP contribution >= 0.6 is 11.6 Å². The average molecular weight is 409 g/mol. The fourth-order valence-electron chi connectivity index (χ4n) is 2.76. The quantitative estimate of drug-likeness (QED) is 0.686. The van der Waals surface area contributed by atoms with Crippen LogP contribution < -0.4 is 9.62 Å². The van der Waals surface area contributed by atoms with E-state index >= 15 is 0 Å². The number of hydrogen-bond donors (Lipinski definition) is 1. The summed E-state index contributed by atoms with van der Waals surface area (Å²) in [6.45, 7) is 2.80. The molecule has 0 heterocycles. The van der Waals surface area contributed by atoms with Gasteiger partial charge in [0.1, 0.15) is 0 Å². The van der Waals surface area contributed by atoms with Gasteiger partial charge in [-0.25, -0.2) is 8.42 Å². The molecule has 0 unspecified atom stereocenters. The second-order valence-electron chi connectivity index (χ2n) is 6.51. The molecule has 1 N–H and O–H groups in total. The van der Waals surface area contributed by atoms with Crippen molar-refractivity contribution in [3.05, 3.63) is 65.2 Å². The molecule has 1 amide bonds. The highest BCUT2D eigenvalue weighted by atomic mass is 35.5. The molecule has 0 aliphatic heterocycles. The molecule has 2 aromatic rings. The number of benzene rings is 2. The van der Waals surface area contributed by atoms with Gasteiger partial charge >= 0.3 is 0 Å². The van der Waals surface area contributed by atoms with Crippen molar-refractivity contribution in [1.82, 2.24) is 5.32 Å². The minimum Gasteiger partial charge on any atom is -0.356 e. The first kappa shape index (κ1) is 21.3. The van der Waals surface area contributed by atoms with Crippen molar-refractivity contribution in [1.29, 1.82) is 0 Å². The van der Waals surface area contributed by atoms with E-state index < -0.39 is 10.0 Å². The Morgan fingerprint density at radius 1 is 1.11 bits per heavy atom. The lowest BCUT2D eigenvalue weighted by molar-refractivity contribution is -0.121. The Kier molecular flexibility index (Phi) is 7.68. The SMILES string of the molecule is C[C@@H](CNC(=O)CCCN(c1ccccc1Cl)S(C)(=O)=O)c1ccccc1. The second kappa shape index (κ2) is 9.76. The van der Waals surface area contributed by atoms with E-state index in [0.29, 0.717) is 23.7 Å². The van der Waals surface area contributed by atoms with Crippen molar-refractivity contribution in [3.8, 4) is 0 Å². The zero-order valence-corrected chi connectivity index (χ0v) is 17.1. The van der Waals surface area contributed by atoms with Gasteiger partial charge in [-0.3, -0.25) is 9.10 Å². The van der Waals surface area contributed by atoms with Crippen LogP contribution in [0.4, 0.5) is 5.69 Å². The molecular formula is C20H25ClN2O3S. The lowest BCUT2D eigenvalue weighted by Crippen LogP contribution is -2.33. The monoisotopic (exact) mass is 408 g/mol. The Labute approximate surface area is 166 Å². The molecule has 0 aliphatic carbocycles. The van der Waals surface area contributed by atoms with Gasteiger partial charge in [0.2, 0.25) is 15.9 Å². The number of hydrogen-bond acceptors (Lipinski definition) is 3. The van der Waals surface area contributed by atoms with Gasteiger partial charge in [0, 0.05) is 19.5 Å². The lowest BCUT2D eigenvalue weighted by Gasteiger charge is -2.23. The summed E-state index contributed by atoms with van der Waals surface area (Å²) in [6.07, 6.45) is 1.79. The standard InChI is InChI=1S/C20H25ClN2O3S/c1-16(17-9-4-3-5-10-17)15-22-20(24)13-8-14-23(27(2,25)26)19-12-7-6-11-18(19)21/h3-7,9-12,16H,8,13-15H2,1-2H3,(H,22,24)/t16-/m0/s1. The zero-order chi connectivity index (χ0) is 19.9. The average Bonchev–Trinajstić information content (AvgIpc) is 2.64. The molecular weight excluding hydrogens is 384 g/mol. The van der Waals surface area contributed by atoms with Crippen LogP contribution in [0.5, 0.6) is 0 Å². The van der Waals surface area contributed by atoms with Crippen molar-refractivity contribution < 1.29 is 13.2 Å². The van der Waals surface area contributed by atoms with E-state index in [4.69, 9.17) is 11.6 Å². The summed E-state index contributed by atoms with van der Waals surface area (Å²) in [6, 6.07) is 16.8. The van der Waals surface area contributed by atoms with Gasteiger partial charge in [-0.2, -0.15) is 0 Å². The summed E-state index contributed by atoms with van der Waals surface area (Å²) >= 11 is 6.12. The van der Waals surface area contributed by atoms with E-state index in [1.165, 1.54) is 9.87 Å². The maximum atomic E-state index is 12.1. The largest absolute Gasteiger partial charge is 0.356 e. The number of nitrogens with zero attached hydrogens (tertiary/aromatic N) is 1. The molecule has 5 nitrogen and oxygen atoms in total. The topological polar surface area (TPSA) is 66.5 Å². The first-order valence-corrected chi connectivity index (χ1v) is 11.1. The van der Waals surface area contributed by atoms with Crippen molar-refractivity contribution >= 4 is 33.2 Å². The molecule has 0 aliphatic rings. The number of rotatable bonds is 9. The molecule has 27 heavy (non-hydrogen) atoms. The van der Waals surface area contributed by atoms with E-state index in [0.717, 1.165) is 6.26 Å². The van der Waals surface area contributed by atoms with Gasteiger partial charge in [-0.15, -0.1) is 0 Å². The third-order valence-electron chi connectivity index (χ3n) is 4.26. The number of halogens is 1. The van der Waals surface area contributed by atoms with Crippen molar-refractivity contribution in [2.75, 3.05) is 23.7 Å². The summed E-state index contributed by atoms with van der Waals surface area (Å²) in [5.41, 5.74) is 1.60. The van der Waals surface area contributed by atoms with Gasteiger partial charge in [0.25, 0.3) is 0 Å². The lowest BCUT2D eigenvalue weighted by atomic mass is 10.0. The highest BCUT2D eigenvalue weighted by Gasteiger charge is 2.19. The molecule has 1 atom stereocenters. The van der Waals surface area contributed by atoms with E-state index in [2.05, 4.69) is 12.2 Å². The predicted octanol–water partition coefficient (Wildman–Crippen LogP) is 3.81. The van der Waals surface area contributed by atoms with Crippen LogP contribution in [0.15, 0.2) is 54.6 Å². The van der Waals surface area contributed by atoms with Gasteiger partial charge in [0.15, 0.2) is 0 Å². The molecule has 0 bridgehead atoms. The minimum atomic E-state index is -3.48. The van der Waals surface area contributed by atoms with Crippen LogP contribution in [0, 0.1) is 0 Å². The second-order valence-corrected chi connectivity index (χ2v) is 8.82. The Morgan fingerprint density at radius 2 is 1.74 bits per heavy atom. The van der Waals surface area contributed by atoms with Gasteiger partial charge in [-0.1, -0.05) is 61.0 Å². The molecule has 0 fully saturated rings. The van der Waals surface area contributed by atoms with Crippen molar-refractivity contribution in [2.24, 2.45) is 0 Å². The highest BCUT2D eigenvalue weighted by molar-refractivity contribution is 7.92. The van der Waals surface area contributed by atoms with Crippen LogP contribution in [0.25, 0.3) is 0 Å². The first-order valence-electron chi connectivity index (χ1n) is 8.83. The van der Waals surface area contributed by atoms with Crippen LogP contribution in [-0.4, -0.2) is 33.7 Å². The van der Waals surface area contributed by atoms with Crippen LogP contribution in [0.1, 0.15) is 31.2 Å². The molecule has 0 saturated carbocycles. The maximum absolute atomic E-state index is 12.1. The van der Waals surface area contributed by atoms with Gasteiger partial charge in [0.05, 0.1) is 17.0 Å². The summed E-state index contributed by atoms with van der Waals surface area (Å²) in [4.78, 5) is 12.1.